The van der Waals surface area contributed by atoms with Crippen LogP contribution in [0, 0.1) is 6.92 Å². The Bertz CT molecular complexity index is 229. The summed E-state index contributed by atoms with van der Waals surface area (Å²) >= 11 is 4.76. The van der Waals surface area contributed by atoms with Crippen LogP contribution in [0.5, 0.6) is 0 Å². The predicted molar refractivity (Wildman–Crippen MR) is 49.7 cm³/mol. The first kappa shape index (κ1) is 9.16. The van der Waals surface area contributed by atoms with Crippen molar-refractivity contribution in [2.75, 3.05) is 6.54 Å². The lowest BCUT2D eigenvalue weighted by Crippen LogP contribution is -2.05. The molecule has 2 N–H and O–H groups in total. The number of hydrogen-bond acceptors (Lipinski definition) is 2. The van der Waals surface area contributed by atoms with Crippen LogP contribution in [-0.2, 0) is 0 Å². The van der Waals surface area contributed by atoms with E-state index in [2.05, 4.69) is 15.9 Å². The average Bonchev–Trinajstić information content (AvgIpc) is 2.31. The fourth-order valence-corrected chi connectivity index (χ4v) is 2.30. The zero-order valence-corrected chi connectivity index (χ0v) is 8.51. The van der Waals surface area contributed by atoms with Crippen molar-refractivity contribution in [2.45, 2.75) is 13.1 Å². The number of aryl methyl sites for hydroxylation is 1. The minimum Gasteiger partial charge on any atom is -0.327 e. The Morgan fingerprint density at radius 1 is 1.82 bits per heavy atom. The third kappa shape index (κ3) is 2.01. The molecule has 0 aliphatic carbocycles. The fraction of sp³-hybridized carbons (Fsp3) is 0.429. The molecule has 1 rings (SSSR count). The van der Waals surface area contributed by atoms with Crippen molar-refractivity contribution < 1.29 is 4.39 Å². The molecule has 1 heterocycles. The van der Waals surface area contributed by atoms with Crippen molar-refractivity contribution in [3.05, 3.63) is 20.3 Å². The summed E-state index contributed by atoms with van der Waals surface area (Å²) in [5.74, 6) is 0. The smallest absolute Gasteiger partial charge is 0.146 e. The molecule has 1 nitrogen and oxygen atoms in total. The molecule has 0 saturated heterocycles. The predicted octanol–water partition coefficient (Wildman–Crippen LogP) is 2.79. The summed E-state index contributed by atoms with van der Waals surface area (Å²) in [6, 6.07) is 1.79. The Kier molecular flexibility index (Phi) is 3.04. The molecule has 4 heteroatoms. The zero-order chi connectivity index (χ0) is 8.43. The lowest BCUT2D eigenvalue weighted by Gasteiger charge is -1.98. The zero-order valence-electron chi connectivity index (χ0n) is 6.10. The van der Waals surface area contributed by atoms with Crippen LogP contribution in [0.15, 0.2) is 10.5 Å². The van der Waals surface area contributed by atoms with Gasteiger partial charge in [-0.3, -0.25) is 0 Å². The standard InChI is InChI=1S/C7H9BrFNS/c1-4-5(8)2-7(11-4)6(9)3-10/h2,6H,3,10H2,1H3. The fourth-order valence-electron chi connectivity index (χ4n) is 0.752. The SMILES string of the molecule is Cc1sc(C(F)CN)cc1Br. The van der Waals surface area contributed by atoms with E-state index in [0.29, 0.717) is 4.88 Å². The summed E-state index contributed by atoms with van der Waals surface area (Å²) in [6.07, 6.45) is -1.01. The molecule has 0 aliphatic heterocycles. The Morgan fingerprint density at radius 3 is 2.82 bits per heavy atom. The number of nitrogens with two attached hydrogens (primary N) is 1. The maximum atomic E-state index is 12.9. The van der Waals surface area contributed by atoms with Gasteiger partial charge in [0.05, 0.1) is 0 Å². The van der Waals surface area contributed by atoms with E-state index in [1.165, 1.54) is 11.3 Å². The van der Waals surface area contributed by atoms with E-state index < -0.39 is 6.17 Å². The number of rotatable bonds is 2. The minimum atomic E-state index is -1.01. The monoisotopic (exact) mass is 237 g/mol. The van der Waals surface area contributed by atoms with Crippen LogP contribution >= 0.6 is 27.3 Å². The van der Waals surface area contributed by atoms with Gasteiger partial charge in [-0.15, -0.1) is 11.3 Å². The molecule has 0 bridgehead atoms. The molecule has 0 spiro atoms. The highest BCUT2D eigenvalue weighted by molar-refractivity contribution is 9.10. The highest BCUT2D eigenvalue weighted by Crippen LogP contribution is 2.31. The molecule has 1 atom stereocenters. The van der Waals surface area contributed by atoms with Gasteiger partial charge >= 0.3 is 0 Å². The highest BCUT2D eigenvalue weighted by atomic mass is 79.9. The Labute approximate surface area is 77.5 Å². The summed E-state index contributed by atoms with van der Waals surface area (Å²) < 4.78 is 13.9. The van der Waals surface area contributed by atoms with Crippen LogP contribution in [0.4, 0.5) is 4.39 Å². The van der Waals surface area contributed by atoms with Gasteiger partial charge in [-0.2, -0.15) is 0 Å². The molecule has 0 radical (unpaired) electrons. The van der Waals surface area contributed by atoms with Crippen molar-refractivity contribution in [3.8, 4) is 0 Å². The van der Waals surface area contributed by atoms with Gasteiger partial charge in [0.15, 0.2) is 0 Å². The van der Waals surface area contributed by atoms with E-state index in [9.17, 15) is 4.39 Å². The largest absolute Gasteiger partial charge is 0.327 e. The molecule has 0 saturated carbocycles. The second-order valence-corrected chi connectivity index (χ2v) is 4.40. The van der Waals surface area contributed by atoms with Crippen LogP contribution in [0.3, 0.4) is 0 Å². The van der Waals surface area contributed by atoms with E-state index in [1.54, 1.807) is 6.07 Å². The lowest BCUT2D eigenvalue weighted by molar-refractivity contribution is 0.358. The molecule has 0 fully saturated rings. The highest BCUT2D eigenvalue weighted by Gasteiger charge is 2.11. The molecule has 1 aromatic rings. The quantitative estimate of drug-likeness (QED) is 0.842. The lowest BCUT2D eigenvalue weighted by atomic mass is 10.3. The number of thiophene rings is 1. The third-order valence-corrected chi connectivity index (χ3v) is 3.61. The van der Waals surface area contributed by atoms with E-state index >= 15 is 0 Å². The van der Waals surface area contributed by atoms with Crippen LogP contribution in [0.25, 0.3) is 0 Å². The van der Waals surface area contributed by atoms with Crippen molar-refractivity contribution in [1.29, 1.82) is 0 Å². The topological polar surface area (TPSA) is 26.0 Å². The molecular formula is C7H9BrFNS. The van der Waals surface area contributed by atoms with Gasteiger partial charge in [-0.25, -0.2) is 4.39 Å². The molecule has 62 valence electrons. The normalized spacial score (nSPS) is 13.5. The van der Waals surface area contributed by atoms with Crippen LogP contribution in [0.2, 0.25) is 0 Å². The second kappa shape index (κ2) is 3.65. The summed E-state index contributed by atoms with van der Waals surface area (Å²) in [5.41, 5.74) is 5.18. The maximum Gasteiger partial charge on any atom is 0.146 e. The van der Waals surface area contributed by atoms with E-state index in [1.807, 2.05) is 6.92 Å². The van der Waals surface area contributed by atoms with Crippen LogP contribution in [-0.4, -0.2) is 6.54 Å². The van der Waals surface area contributed by atoms with Crippen LogP contribution < -0.4 is 5.73 Å². The van der Waals surface area contributed by atoms with Crippen molar-refractivity contribution in [3.63, 3.8) is 0 Å². The van der Waals surface area contributed by atoms with Crippen molar-refractivity contribution in [2.24, 2.45) is 5.73 Å². The van der Waals surface area contributed by atoms with Gasteiger partial charge in [-0.05, 0) is 28.9 Å². The van der Waals surface area contributed by atoms with Crippen molar-refractivity contribution >= 4 is 27.3 Å². The Hall–Kier alpha value is 0.0700. The summed E-state index contributed by atoms with van der Waals surface area (Å²) in [6.45, 7) is 2.01. The average molecular weight is 238 g/mol. The summed E-state index contributed by atoms with van der Waals surface area (Å²) in [7, 11) is 0. The molecule has 0 aliphatic rings. The number of halogens is 2. The molecule has 0 amide bonds. The van der Waals surface area contributed by atoms with Crippen molar-refractivity contribution in [1.82, 2.24) is 0 Å². The first-order valence-electron chi connectivity index (χ1n) is 3.25. The molecule has 1 unspecified atom stereocenters. The first-order valence-corrected chi connectivity index (χ1v) is 4.86. The van der Waals surface area contributed by atoms with Gasteiger partial charge in [0.2, 0.25) is 0 Å². The van der Waals surface area contributed by atoms with E-state index in [0.717, 1.165) is 9.35 Å². The minimum absolute atomic E-state index is 0.0619. The third-order valence-electron chi connectivity index (χ3n) is 1.39. The second-order valence-electron chi connectivity index (χ2n) is 2.26. The summed E-state index contributed by atoms with van der Waals surface area (Å²) in [5, 5.41) is 0. The molecule has 0 aromatic carbocycles. The van der Waals surface area contributed by atoms with E-state index in [-0.39, 0.29) is 6.54 Å². The summed E-state index contributed by atoms with van der Waals surface area (Å²) in [4.78, 5) is 1.80. The van der Waals surface area contributed by atoms with Gasteiger partial charge in [0.25, 0.3) is 0 Å². The maximum absolute atomic E-state index is 12.9. The van der Waals surface area contributed by atoms with Gasteiger partial charge in [0.1, 0.15) is 6.17 Å². The molecule has 11 heavy (non-hydrogen) atoms. The number of hydrogen-bond donors (Lipinski definition) is 1. The number of alkyl halides is 1. The molecular weight excluding hydrogens is 229 g/mol. The first-order chi connectivity index (χ1) is 5.15. The van der Waals surface area contributed by atoms with Crippen LogP contribution in [0.1, 0.15) is 15.9 Å². The van der Waals surface area contributed by atoms with E-state index in [4.69, 9.17) is 5.73 Å². The van der Waals surface area contributed by atoms with Gasteiger partial charge < -0.3 is 5.73 Å². The Morgan fingerprint density at radius 2 is 2.45 bits per heavy atom. The Balaban J connectivity index is 2.88. The van der Waals surface area contributed by atoms with Gasteiger partial charge in [0, 0.05) is 20.8 Å². The van der Waals surface area contributed by atoms with Gasteiger partial charge in [-0.1, -0.05) is 0 Å². The molecule has 1 aromatic heterocycles.